The average Bonchev–Trinajstić information content (AvgIpc) is 2.62. The van der Waals surface area contributed by atoms with E-state index >= 15 is 0 Å². The minimum atomic E-state index is -0.0200. The zero-order chi connectivity index (χ0) is 11.5. The lowest BCUT2D eigenvalue weighted by molar-refractivity contribution is 0.177. The van der Waals surface area contributed by atoms with E-state index in [0.717, 1.165) is 17.1 Å². The van der Waals surface area contributed by atoms with Gasteiger partial charge in [-0.05, 0) is 11.6 Å². The van der Waals surface area contributed by atoms with E-state index in [-0.39, 0.29) is 18.1 Å². The number of hydrogen-bond acceptors (Lipinski definition) is 4. The second-order valence-corrected chi connectivity index (χ2v) is 4.68. The molecule has 0 radical (unpaired) electrons. The fraction of sp³-hybridized carbons (Fsp3) is 0.455. The quantitative estimate of drug-likeness (QED) is 0.719. The summed E-state index contributed by atoms with van der Waals surface area (Å²) < 4.78 is 0. The van der Waals surface area contributed by atoms with Gasteiger partial charge in [0, 0.05) is 18.1 Å². The van der Waals surface area contributed by atoms with Gasteiger partial charge in [-0.2, -0.15) is 0 Å². The Bertz CT molecular complexity index is 364. The summed E-state index contributed by atoms with van der Waals surface area (Å²) in [6, 6.07) is 7.99. The van der Waals surface area contributed by atoms with Gasteiger partial charge in [-0.25, -0.2) is 0 Å². The van der Waals surface area contributed by atoms with E-state index in [4.69, 9.17) is 16.7 Å². The van der Waals surface area contributed by atoms with E-state index in [1.54, 1.807) is 0 Å². The molecule has 1 saturated heterocycles. The summed E-state index contributed by atoms with van der Waals surface area (Å²) in [6.45, 7) is 1.52. The van der Waals surface area contributed by atoms with Crippen LogP contribution in [0.25, 0.3) is 0 Å². The minimum Gasteiger partial charge on any atom is -0.395 e. The Morgan fingerprint density at radius 2 is 2.25 bits per heavy atom. The molecule has 0 spiro atoms. The molecule has 16 heavy (non-hydrogen) atoms. The summed E-state index contributed by atoms with van der Waals surface area (Å²) in [4.78, 5) is 2.10. The summed E-state index contributed by atoms with van der Waals surface area (Å²) in [5, 5.41) is 13.1. The van der Waals surface area contributed by atoms with Crippen LogP contribution in [0.1, 0.15) is 11.6 Å². The molecule has 0 saturated carbocycles. The molecule has 0 aliphatic carbocycles. The number of thiol groups is 1. The lowest BCUT2D eigenvalue weighted by Crippen LogP contribution is -2.34. The second kappa shape index (κ2) is 5.38. The van der Waals surface area contributed by atoms with Gasteiger partial charge in [0.15, 0.2) is 0 Å². The number of aliphatic hydroxyl groups excluding tert-OH is 1. The Labute approximate surface area is 106 Å². The van der Waals surface area contributed by atoms with Crippen molar-refractivity contribution >= 4 is 24.2 Å². The van der Waals surface area contributed by atoms with Crippen molar-refractivity contribution in [2.75, 3.05) is 19.7 Å². The standard InChI is InChI=1S/C11H15ClN2OS/c12-9-4-2-1-3-8(9)10-7-13-11(16)14(10)5-6-15/h1-4,10-11,13,15-16H,5-7H2. The molecule has 2 atom stereocenters. The van der Waals surface area contributed by atoms with Gasteiger partial charge in [0.2, 0.25) is 0 Å². The summed E-state index contributed by atoms with van der Waals surface area (Å²) in [6.07, 6.45) is 0. The van der Waals surface area contributed by atoms with Crippen molar-refractivity contribution < 1.29 is 5.11 Å². The van der Waals surface area contributed by atoms with Crippen LogP contribution in [0.3, 0.4) is 0 Å². The molecule has 1 aromatic rings. The van der Waals surface area contributed by atoms with Crippen LogP contribution >= 0.6 is 24.2 Å². The van der Waals surface area contributed by atoms with Gasteiger partial charge in [-0.3, -0.25) is 10.2 Å². The number of benzene rings is 1. The maximum atomic E-state index is 9.04. The predicted molar refractivity (Wildman–Crippen MR) is 68.8 cm³/mol. The van der Waals surface area contributed by atoms with Gasteiger partial charge in [0.25, 0.3) is 0 Å². The van der Waals surface area contributed by atoms with Crippen LogP contribution in [0.4, 0.5) is 0 Å². The van der Waals surface area contributed by atoms with Crippen molar-refractivity contribution in [1.29, 1.82) is 0 Å². The van der Waals surface area contributed by atoms with E-state index < -0.39 is 0 Å². The molecular formula is C11H15ClN2OS. The SMILES string of the molecule is OCCN1C(S)NCC1c1ccccc1Cl. The van der Waals surface area contributed by atoms with Crippen molar-refractivity contribution in [3.63, 3.8) is 0 Å². The Hall–Kier alpha value is -0.260. The third kappa shape index (κ3) is 2.36. The van der Waals surface area contributed by atoms with Crippen LogP contribution < -0.4 is 5.32 Å². The summed E-state index contributed by atoms with van der Waals surface area (Å²) in [5.74, 6) is 0. The molecule has 5 heteroatoms. The number of halogens is 1. The third-order valence-corrected chi connectivity index (χ3v) is 3.65. The molecule has 88 valence electrons. The minimum absolute atomic E-state index is 0.0200. The van der Waals surface area contributed by atoms with Crippen LogP contribution in [-0.2, 0) is 0 Å². The van der Waals surface area contributed by atoms with Crippen LogP contribution in [-0.4, -0.2) is 35.2 Å². The summed E-state index contributed by atoms with van der Waals surface area (Å²) in [5.41, 5.74) is 1.06. The molecule has 1 fully saturated rings. The molecule has 1 aliphatic heterocycles. The van der Waals surface area contributed by atoms with Crippen molar-refractivity contribution in [2.24, 2.45) is 0 Å². The highest BCUT2D eigenvalue weighted by Gasteiger charge is 2.32. The fourth-order valence-corrected chi connectivity index (χ4v) is 2.69. The first-order valence-corrected chi connectivity index (χ1v) is 6.16. The van der Waals surface area contributed by atoms with Crippen molar-refractivity contribution in [1.82, 2.24) is 10.2 Å². The van der Waals surface area contributed by atoms with Gasteiger partial charge in [-0.15, -0.1) is 12.6 Å². The molecule has 0 amide bonds. The number of nitrogens with one attached hydrogen (secondary N) is 1. The molecule has 2 rings (SSSR count). The number of hydrogen-bond donors (Lipinski definition) is 3. The topological polar surface area (TPSA) is 35.5 Å². The van der Waals surface area contributed by atoms with Gasteiger partial charge in [-0.1, -0.05) is 29.8 Å². The number of aliphatic hydroxyl groups is 1. The van der Waals surface area contributed by atoms with Crippen molar-refractivity contribution in [2.45, 2.75) is 11.5 Å². The first-order chi connectivity index (χ1) is 7.74. The molecule has 0 aromatic heterocycles. The van der Waals surface area contributed by atoms with E-state index in [1.807, 2.05) is 24.3 Å². The summed E-state index contributed by atoms with van der Waals surface area (Å²) >= 11 is 10.6. The van der Waals surface area contributed by atoms with E-state index in [0.29, 0.717) is 6.54 Å². The van der Waals surface area contributed by atoms with Gasteiger partial charge >= 0.3 is 0 Å². The van der Waals surface area contributed by atoms with Crippen LogP contribution in [0.15, 0.2) is 24.3 Å². The normalized spacial score (nSPS) is 26.2. The molecule has 1 heterocycles. The van der Waals surface area contributed by atoms with Crippen LogP contribution in [0.5, 0.6) is 0 Å². The second-order valence-electron chi connectivity index (χ2n) is 3.78. The predicted octanol–water partition coefficient (Wildman–Crippen LogP) is 1.49. The van der Waals surface area contributed by atoms with Crippen LogP contribution in [0, 0.1) is 0 Å². The number of rotatable bonds is 3. The monoisotopic (exact) mass is 258 g/mol. The molecule has 2 unspecified atom stereocenters. The zero-order valence-corrected chi connectivity index (χ0v) is 10.5. The van der Waals surface area contributed by atoms with E-state index in [9.17, 15) is 0 Å². The zero-order valence-electron chi connectivity index (χ0n) is 8.81. The maximum absolute atomic E-state index is 9.04. The summed E-state index contributed by atoms with van der Waals surface area (Å²) in [7, 11) is 0. The number of β-amino-alcohol motifs (C(OH)–C–C–N with tert-alkyl or cyclic N) is 1. The smallest absolute Gasteiger partial charge is 0.106 e. The van der Waals surface area contributed by atoms with E-state index in [2.05, 4.69) is 22.8 Å². The lowest BCUT2D eigenvalue weighted by Gasteiger charge is -2.26. The molecule has 3 nitrogen and oxygen atoms in total. The third-order valence-electron chi connectivity index (χ3n) is 2.83. The largest absolute Gasteiger partial charge is 0.395 e. The molecular weight excluding hydrogens is 244 g/mol. The molecule has 1 aromatic carbocycles. The van der Waals surface area contributed by atoms with E-state index in [1.165, 1.54) is 0 Å². The Morgan fingerprint density at radius 3 is 2.94 bits per heavy atom. The van der Waals surface area contributed by atoms with Gasteiger partial charge in [0.1, 0.15) is 5.50 Å². The highest BCUT2D eigenvalue weighted by molar-refractivity contribution is 7.80. The Kier molecular flexibility index (Phi) is 4.10. The van der Waals surface area contributed by atoms with Crippen LogP contribution in [0.2, 0.25) is 5.02 Å². The van der Waals surface area contributed by atoms with Crippen molar-refractivity contribution in [3.8, 4) is 0 Å². The molecule has 1 aliphatic rings. The molecule has 2 N–H and O–H groups in total. The average molecular weight is 259 g/mol. The maximum Gasteiger partial charge on any atom is 0.106 e. The fourth-order valence-electron chi connectivity index (χ4n) is 2.05. The van der Waals surface area contributed by atoms with Gasteiger partial charge < -0.3 is 5.11 Å². The lowest BCUT2D eigenvalue weighted by atomic mass is 10.1. The first kappa shape index (κ1) is 12.2. The molecule has 0 bridgehead atoms. The highest BCUT2D eigenvalue weighted by Crippen LogP contribution is 2.31. The highest BCUT2D eigenvalue weighted by atomic mass is 35.5. The van der Waals surface area contributed by atoms with Gasteiger partial charge in [0.05, 0.1) is 12.6 Å². The first-order valence-electron chi connectivity index (χ1n) is 5.26. The van der Waals surface area contributed by atoms with Crippen molar-refractivity contribution in [3.05, 3.63) is 34.9 Å². The number of nitrogens with zero attached hydrogens (tertiary/aromatic N) is 1. The Morgan fingerprint density at radius 1 is 1.50 bits per heavy atom. The Balaban J connectivity index is 2.23.